The zero-order valence-electron chi connectivity index (χ0n) is 13.2. The van der Waals surface area contributed by atoms with Crippen molar-refractivity contribution in [1.82, 2.24) is 10.2 Å². The zero-order chi connectivity index (χ0) is 16.6. The SMILES string of the molecule is O=C(O)C1CC2CC(N3C[C@@H](O)C[C@H](C(=O)O)C3)CCC2CN1. The normalized spacial score (nSPS) is 42.0. The van der Waals surface area contributed by atoms with E-state index in [1.54, 1.807) is 0 Å². The average Bonchev–Trinajstić information content (AvgIpc) is 2.53. The number of aliphatic hydroxyl groups is 1. The molecule has 0 aromatic heterocycles. The van der Waals surface area contributed by atoms with Crippen molar-refractivity contribution in [2.75, 3.05) is 19.6 Å². The number of rotatable bonds is 3. The molecule has 1 saturated carbocycles. The molecule has 1 aliphatic carbocycles. The molecule has 3 rings (SSSR count). The Labute approximate surface area is 135 Å². The van der Waals surface area contributed by atoms with E-state index < -0.39 is 30.0 Å². The van der Waals surface area contributed by atoms with Gasteiger partial charge in [0.15, 0.2) is 0 Å². The number of hydrogen-bond acceptors (Lipinski definition) is 5. The highest BCUT2D eigenvalue weighted by molar-refractivity contribution is 5.73. The second-order valence-electron chi connectivity index (χ2n) is 7.40. The number of fused-ring (bicyclic) bond motifs is 1. The van der Waals surface area contributed by atoms with Gasteiger partial charge in [-0.05, 0) is 50.5 Å². The van der Waals surface area contributed by atoms with Gasteiger partial charge >= 0.3 is 11.9 Å². The van der Waals surface area contributed by atoms with Crippen LogP contribution >= 0.6 is 0 Å². The maximum Gasteiger partial charge on any atom is 0.320 e. The molecule has 0 amide bonds. The van der Waals surface area contributed by atoms with Crippen LogP contribution in [0.5, 0.6) is 0 Å². The van der Waals surface area contributed by atoms with Gasteiger partial charge in [-0.3, -0.25) is 14.5 Å². The van der Waals surface area contributed by atoms with Gasteiger partial charge in [0.05, 0.1) is 12.0 Å². The Balaban J connectivity index is 1.63. The summed E-state index contributed by atoms with van der Waals surface area (Å²) in [5.41, 5.74) is 0. The third-order valence-corrected chi connectivity index (χ3v) is 5.90. The lowest BCUT2D eigenvalue weighted by molar-refractivity contribution is -0.147. The second kappa shape index (κ2) is 6.75. The molecule has 2 aliphatic heterocycles. The van der Waals surface area contributed by atoms with Crippen LogP contribution in [0.3, 0.4) is 0 Å². The number of piperidine rings is 2. The van der Waals surface area contributed by atoms with E-state index in [0.29, 0.717) is 37.8 Å². The van der Waals surface area contributed by atoms with Crippen LogP contribution in [-0.2, 0) is 9.59 Å². The van der Waals surface area contributed by atoms with Crippen LogP contribution in [0, 0.1) is 17.8 Å². The first-order valence-electron chi connectivity index (χ1n) is 8.55. The molecule has 0 aromatic carbocycles. The van der Waals surface area contributed by atoms with Gasteiger partial charge in [0.1, 0.15) is 6.04 Å². The summed E-state index contributed by atoms with van der Waals surface area (Å²) in [5.74, 6) is -1.23. The van der Waals surface area contributed by atoms with Gasteiger partial charge in [0, 0.05) is 19.1 Å². The maximum atomic E-state index is 11.3. The first-order chi connectivity index (χ1) is 10.9. The summed E-state index contributed by atoms with van der Waals surface area (Å²) in [7, 11) is 0. The van der Waals surface area contributed by atoms with E-state index in [2.05, 4.69) is 10.2 Å². The molecule has 2 saturated heterocycles. The lowest BCUT2D eigenvalue weighted by Gasteiger charge is -2.47. The highest BCUT2D eigenvalue weighted by Gasteiger charge is 2.41. The number of likely N-dealkylation sites (tertiary alicyclic amines) is 1. The largest absolute Gasteiger partial charge is 0.481 e. The van der Waals surface area contributed by atoms with Crippen molar-refractivity contribution in [3.8, 4) is 0 Å². The minimum Gasteiger partial charge on any atom is -0.481 e. The molecule has 23 heavy (non-hydrogen) atoms. The lowest BCUT2D eigenvalue weighted by atomic mass is 9.71. The van der Waals surface area contributed by atoms with Crippen LogP contribution in [0.1, 0.15) is 32.1 Å². The molecule has 6 atom stereocenters. The van der Waals surface area contributed by atoms with E-state index in [-0.39, 0.29) is 6.04 Å². The molecule has 0 bridgehead atoms. The summed E-state index contributed by atoms with van der Waals surface area (Å²) >= 11 is 0. The van der Waals surface area contributed by atoms with Crippen molar-refractivity contribution < 1.29 is 24.9 Å². The lowest BCUT2D eigenvalue weighted by Crippen LogP contribution is -2.55. The number of nitrogens with one attached hydrogen (secondary N) is 1. The van der Waals surface area contributed by atoms with Crippen molar-refractivity contribution in [2.24, 2.45) is 17.8 Å². The van der Waals surface area contributed by atoms with Crippen LogP contribution in [0.15, 0.2) is 0 Å². The van der Waals surface area contributed by atoms with Gasteiger partial charge < -0.3 is 20.6 Å². The summed E-state index contributed by atoms with van der Waals surface area (Å²) in [4.78, 5) is 24.6. The predicted molar refractivity (Wildman–Crippen MR) is 82.0 cm³/mol. The smallest absolute Gasteiger partial charge is 0.320 e. The van der Waals surface area contributed by atoms with E-state index in [4.69, 9.17) is 0 Å². The topological polar surface area (TPSA) is 110 Å². The number of carboxylic acid groups (broad SMARTS) is 2. The Kier molecular flexibility index (Phi) is 4.89. The molecule has 130 valence electrons. The van der Waals surface area contributed by atoms with Gasteiger partial charge in [0.2, 0.25) is 0 Å². The third kappa shape index (κ3) is 3.67. The minimum absolute atomic E-state index is 0.264. The van der Waals surface area contributed by atoms with Crippen LogP contribution in [-0.4, -0.2) is 70.0 Å². The number of aliphatic carboxylic acids is 2. The van der Waals surface area contributed by atoms with Crippen LogP contribution in [0.25, 0.3) is 0 Å². The Morgan fingerprint density at radius 1 is 0.957 bits per heavy atom. The fourth-order valence-electron chi connectivity index (χ4n) is 4.64. The first kappa shape index (κ1) is 16.7. The molecule has 7 heteroatoms. The zero-order valence-corrected chi connectivity index (χ0v) is 13.2. The molecule has 0 aromatic rings. The third-order valence-electron chi connectivity index (χ3n) is 5.90. The van der Waals surface area contributed by atoms with Crippen LogP contribution in [0.2, 0.25) is 0 Å². The quantitative estimate of drug-likeness (QED) is 0.577. The number of nitrogens with zero attached hydrogens (tertiary/aromatic N) is 1. The predicted octanol–water partition coefficient (Wildman–Crippen LogP) is -0.0148. The Bertz CT molecular complexity index is 471. The summed E-state index contributed by atoms with van der Waals surface area (Å²) in [6, 6.07) is -0.200. The highest BCUT2D eigenvalue weighted by atomic mass is 16.4. The van der Waals surface area contributed by atoms with Gasteiger partial charge in [0.25, 0.3) is 0 Å². The van der Waals surface area contributed by atoms with Crippen LogP contribution in [0.4, 0.5) is 0 Å². The summed E-state index contributed by atoms with van der Waals surface area (Å²) in [6.07, 6.45) is 3.35. The molecule has 0 spiro atoms. The Morgan fingerprint density at radius 2 is 1.74 bits per heavy atom. The maximum absolute atomic E-state index is 11.3. The molecular weight excluding hydrogens is 300 g/mol. The van der Waals surface area contributed by atoms with Gasteiger partial charge in [-0.1, -0.05) is 0 Å². The summed E-state index contributed by atoms with van der Waals surface area (Å²) in [5, 5.41) is 31.5. The first-order valence-corrected chi connectivity index (χ1v) is 8.55. The molecule has 4 N–H and O–H groups in total. The highest BCUT2D eigenvalue weighted by Crippen LogP contribution is 2.38. The monoisotopic (exact) mass is 326 g/mol. The van der Waals surface area contributed by atoms with Crippen LogP contribution < -0.4 is 5.32 Å². The van der Waals surface area contributed by atoms with Gasteiger partial charge in [-0.2, -0.15) is 0 Å². The molecule has 7 nitrogen and oxygen atoms in total. The van der Waals surface area contributed by atoms with E-state index in [1.807, 2.05) is 0 Å². The van der Waals surface area contributed by atoms with Gasteiger partial charge in [-0.25, -0.2) is 0 Å². The van der Waals surface area contributed by atoms with Crippen molar-refractivity contribution >= 4 is 11.9 Å². The second-order valence-corrected chi connectivity index (χ2v) is 7.40. The number of carbonyl (C=O) groups is 2. The summed E-state index contributed by atoms with van der Waals surface area (Å²) < 4.78 is 0. The molecule has 0 radical (unpaired) electrons. The summed E-state index contributed by atoms with van der Waals surface area (Å²) in [6.45, 7) is 1.79. The minimum atomic E-state index is -0.838. The Hall–Kier alpha value is -1.18. The number of hydrogen-bond donors (Lipinski definition) is 4. The number of aliphatic hydroxyl groups excluding tert-OH is 1. The fourth-order valence-corrected chi connectivity index (χ4v) is 4.64. The average molecular weight is 326 g/mol. The number of carboxylic acids is 2. The molecule has 3 aliphatic rings. The number of β-amino-alcohol motifs (C(OH)–C–C–N with tert-alkyl or cyclic N) is 1. The van der Waals surface area contributed by atoms with Crippen molar-refractivity contribution in [3.05, 3.63) is 0 Å². The van der Waals surface area contributed by atoms with Gasteiger partial charge in [-0.15, -0.1) is 0 Å². The molecule has 4 unspecified atom stereocenters. The molecular formula is C16H26N2O5. The van der Waals surface area contributed by atoms with E-state index in [1.165, 1.54) is 0 Å². The molecule has 3 fully saturated rings. The van der Waals surface area contributed by atoms with Crippen molar-refractivity contribution in [1.29, 1.82) is 0 Å². The fraction of sp³-hybridized carbons (Fsp3) is 0.875. The van der Waals surface area contributed by atoms with E-state index in [9.17, 15) is 24.9 Å². The van der Waals surface area contributed by atoms with E-state index in [0.717, 1.165) is 25.8 Å². The standard InChI is InChI=1S/C16H26N2O5/c19-13-4-11(15(20)21)7-18(8-13)12-2-1-9-6-17-14(16(22)23)5-10(9)3-12/h9-14,17,19H,1-8H2,(H,20,21)(H,22,23)/t9?,10?,11-,12?,13-,14?/m0/s1. The van der Waals surface area contributed by atoms with E-state index >= 15 is 0 Å². The van der Waals surface area contributed by atoms with Crippen molar-refractivity contribution in [3.63, 3.8) is 0 Å². The molecule has 2 heterocycles. The van der Waals surface area contributed by atoms with Crippen molar-refractivity contribution in [2.45, 2.75) is 50.3 Å². The Morgan fingerprint density at radius 3 is 2.43 bits per heavy atom.